The van der Waals surface area contributed by atoms with Gasteiger partial charge in [0.15, 0.2) is 0 Å². The highest BCUT2D eigenvalue weighted by Gasteiger charge is 2.05. The van der Waals surface area contributed by atoms with E-state index in [-0.39, 0.29) is 18.4 Å². The molecule has 0 fully saturated rings. The fraction of sp³-hybridized carbons (Fsp3) is 0.286. The molecule has 28 heavy (non-hydrogen) atoms. The topological polar surface area (TPSA) is 96.5 Å². The van der Waals surface area contributed by atoms with Crippen LogP contribution in [-0.2, 0) is 27.5 Å². The summed E-state index contributed by atoms with van der Waals surface area (Å²) < 4.78 is 5.10. The van der Waals surface area contributed by atoms with Gasteiger partial charge in [-0.1, -0.05) is 42.5 Å². The maximum Gasteiger partial charge on any atom is 0.407 e. The second kappa shape index (κ2) is 11.4. The van der Waals surface area contributed by atoms with Crippen LogP contribution in [0, 0.1) is 0 Å². The molecule has 148 valence electrons. The van der Waals surface area contributed by atoms with Gasteiger partial charge in [-0.3, -0.25) is 9.59 Å². The first kappa shape index (κ1) is 21.0. The smallest absolute Gasteiger partial charge is 0.407 e. The molecular weight excluding hydrogens is 358 g/mol. The van der Waals surface area contributed by atoms with Crippen molar-refractivity contribution in [1.29, 1.82) is 0 Å². The highest BCUT2D eigenvalue weighted by molar-refractivity contribution is 5.88. The molecule has 2 aromatic carbocycles. The molecule has 0 aliphatic heterocycles. The first-order valence-electron chi connectivity index (χ1n) is 9.10. The van der Waals surface area contributed by atoms with Crippen LogP contribution in [0.2, 0.25) is 0 Å². The van der Waals surface area contributed by atoms with Crippen molar-refractivity contribution >= 4 is 23.6 Å². The summed E-state index contributed by atoms with van der Waals surface area (Å²) in [4.78, 5) is 34.6. The number of rotatable bonds is 9. The molecule has 2 rings (SSSR count). The lowest BCUT2D eigenvalue weighted by atomic mass is 10.2. The number of benzene rings is 2. The van der Waals surface area contributed by atoms with E-state index in [1.807, 2.05) is 48.5 Å². The summed E-state index contributed by atoms with van der Waals surface area (Å²) in [5.41, 5.74) is 2.50. The zero-order valence-electron chi connectivity index (χ0n) is 15.9. The molecule has 0 aromatic heterocycles. The number of alkyl carbamates (subject to hydrolysis) is 1. The summed E-state index contributed by atoms with van der Waals surface area (Å²) in [5.74, 6) is -0.250. The minimum Gasteiger partial charge on any atom is -0.445 e. The zero-order valence-corrected chi connectivity index (χ0v) is 15.9. The molecule has 0 spiro atoms. The standard InChI is InChI=1S/C21H25N3O4/c1-16(25)24-19-10-5-9-18(13-19)14-23-20(26)11-6-12-22-21(27)28-15-17-7-3-2-4-8-17/h2-5,7-10,13H,6,11-12,14-15H2,1H3,(H,22,27)(H,23,26)(H,24,25). The third kappa shape index (κ3) is 8.35. The van der Waals surface area contributed by atoms with Crippen molar-refractivity contribution < 1.29 is 19.1 Å². The summed E-state index contributed by atoms with van der Waals surface area (Å²) in [6.07, 6.45) is 0.307. The van der Waals surface area contributed by atoms with E-state index >= 15 is 0 Å². The van der Waals surface area contributed by atoms with Crippen LogP contribution in [0.4, 0.5) is 10.5 Å². The van der Waals surface area contributed by atoms with Crippen LogP contribution in [-0.4, -0.2) is 24.5 Å². The molecule has 7 heteroatoms. The summed E-state index contributed by atoms with van der Waals surface area (Å²) in [7, 11) is 0. The van der Waals surface area contributed by atoms with Gasteiger partial charge < -0.3 is 20.7 Å². The lowest BCUT2D eigenvalue weighted by Gasteiger charge is -2.09. The van der Waals surface area contributed by atoms with Crippen molar-refractivity contribution in [2.75, 3.05) is 11.9 Å². The number of hydrogen-bond donors (Lipinski definition) is 3. The first-order valence-corrected chi connectivity index (χ1v) is 9.10. The summed E-state index contributed by atoms with van der Waals surface area (Å²) in [6, 6.07) is 16.7. The Morgan fingerprint density at radius 1 is 0.929 bits per heavy atom. The van der Waals surface area contributed by atoms with Gasteiger partial charge in [0.25, 0.3) is 0 Å². The number of anilines is 1. The quantitative estimate of drug-likeness (QED) is 0.580. The predicted octanol–water partition coefficient (Wildman–Crippen LogP) is 2.97. The van der Waals surface area contributed by atoms with Gasteiger partial charge in [0.1, 0.15) is 6.61 Å². The molecule has 0 bridgehead atoms. The molecule has 0 saturated heterocycles. The minimum atomic E-state index is -0.501. The number of carbonyl (C=O) groups excluding carboxylic acids is 3. The molecular formula is C21H25N3O4. The van der Waals surface area contributed by atoms with Crippen LogP contribution in [0.3, 0.4) is 0 Å². The van der Waals surface area contributed by atoms with Crippen molar-refractivity contribution in [2.45, 2.75) is 32.9 Å². The molecule has 2 aromatic rings. The minimum absolute atomic E-state index is 0.107. The van der Waals surface area contributed by atoms with Crippen LogP contribution in [0.5, 0.6) is 0 Å². The Bertz CT molecular complexity index is 793. The molecule has 0 radical (unpaired) electrons. The van der Waals surface area contributed by atoms with Crippen LogP contribution >= 0.6 is 0 Å². The van der Waals surface area contributed by atoms with Crippen LogP contribution < -0.4 is 16.0 Å². The lowest BCUT2D eigenvalue weighted by Crippen LogP contribution is -2.27. The Labute approximate surface area is 164 Å². The molecule has 0 atom stereocenters. The fourth-order valence-electron chi connectivity index (χ4n) is 2.46. The van der Waals surface area contributed by atoms with E-state index in [0.717, 1.165) is 11.1 Å². The average Bonchev–Trinajstić information content (AvgIpc) is 2.69. The SMILES string of the molecule is CC(=O)Nc1cccc(CNC(=O)CCCNC(=O)OCc2ccccc2)c1. The fourth-order valence-corrected chi connectivity index (χ4v) is 2.46. The van der Waals surface area contributed by atoms with Gasteiger partial charge in [0.2, 0.25) is 11.8 Å². The van der Waals surface area contributed by atoms with E-state index in [2.05, 4.69) is 16.0 Å². The first-order chi connectivity index (χ1) is 13.5. The molecule has 0 heterocycles. The third-order valence-corrected chi connectivity index (χ3v) is 3.80. The second-order valence-corrected chi connectivity index (χ2v) is 6.25. The Hall–Kier alpha value is -3.35. The summed E-state index contributed by atoms with van der Waals surface area (Å²) >= 11 is 0. The molecule has 3 N–H and O–H groups in total. The van der Waals surface area contributed by atoms with Gasteiger partial charge in [-0.05, 0) is 29.7 Å². The number of amides is 3. The zero-order chi connectivity index (χ0) is 20.2. The van der Waals surface area contributed by atoms with E-state index in [0.29, 0.717) is 31.6 Å². The molecule has 0 unspecified atom stereocenters. The summed E-state index contributed by atoms with van der Waals surface area (Å²) in [5, 5.41) is 8.15. The number of hydrogen-bond acceptors (Lipinski definition) is 4. The van der Waals surface area contributed by atoms with Gasteiger partial charge in [-0.2, -0.15) is 0 Å². The van der Waals surface area contributed by atoms with Crippen molar-refractivity contribution in [3.05, 3.63) is 65.7 Å². The van der Waals surface area contributed by atoms with Crippen molar-refractivity contribution in [3.63, 3.8) is 0 Å². The van der Waals surface area contributed by atoms with E-state index in [9.17, 15) is 14.4 Å². The highest BCUT2D eigenvalue weighted by atomic mass is 16.5. The number of ether oxygens (including phenoxy) is 1. The second-order valence-electron chi connectivity index (χ2n) is 6.25. The van der Waals surface area contributed by atoms with Gasteiger partial charge in [0.05, 0.1) is 0 Å². The lowest BCUT2D eigenvalue weighted by molar-refractivity contribution is -0.121. The van der Waals surface area contributed by atoms with E-state index in [1.165, 1.54) is 6.92 Å². The molecule has 0 saturated carbocycles. The Balaban J connectivity index is 1.58. The van der Waals surface area contributed by atoms with Crippen molar-refractivity contribution in [2.24, 2.45) is 0 Å². The van der Waals surface area contributed by atoms with Crippen molar-refractivity contribution in [1.82, 2.24) is 10.6 Å². The Kier molecular flexibility index (Phi) is 8.52. The highest BCUT2D eigenvalue weighted by Crippen LogP contribution is 2.10. The number of carbonyl (C=O) groups is 3. The van der Waals surface area contributed by atoms with Gasteiger partial charge in [-0.15, -0.1) is 0 Å². The van der Waals surface area contributed by atoms with Crippen LogP contribution in [0.25, 0.3) is 0 Å². The monoisotopic (exact) mass is 383 g/mol. The van der Waals surface area contributed by atoms with Gasteiger partial charge in [0, 0.05) is 32.1 Å². The molecule has 7 nitrogen and oxygen atoms in total. The van der Waals surface area contributed by atoms with Gasteiger partial charge >= 0.3 is 6.09 Å². The van der Waals surface area contributed by atoms with Crippen molar-refractivity contribution in [3.8, 4) is 0 Å². The largest absolute Gasteiger partial charge is 0.445 e. The Morgan fingerprint density at radius 3 is 2.43 bits per heavy atom. The maximum atomic E-state index is 11.9. The predicted molar refractivity (Wildman–Crippen MR) is 106 cm³/mol. The third-order valence-electron chi connectivity index (χ3n) is 3.80. The number of nitrogens with one attached hydrogen (secondary N) is 3. The van der Waals surface area contributed by atoms with Crippen LogP contribution in [0.15, 0.2) is 54.6 Å². The van der Waals surface area contributed by atoms with E-state index < -0.39 is 6.09 Å². The van der Waals surface area contributed by atoms with E-state index in [4.69, 9.17) is 4.74 Å². The summed E-state index contributed by atoms with van der Waals surface area (Å²) in [6.45, 7) is 2.39. The van der Waals surface area contributed by atoms with E-state index in [1.54, 1.807) is 6.07 Å². The van der Waals surface area contributed by atoms with Crippen LogP contribution in [0.1, 0.15) is 30.9 Å². The van der Waals surface area contributed by atoms with Gasteiger partial charge in [-0.25, -0.2) is 4.79 Å². The maximum absolute atomic E-state index is 11.9. The average molecular weight is 383 g/mol. The molecule has 0 aliphatic carbocycles. The Morgan fingerprint density at radius 2 is 1.68 bits per heavy atom. The normalized spacial score (nSPS) is 10.0. The molecule has 0 aliphatic rings. The molecule has 3 amide bonds.